The molecule has 118 valence electrons. The lowest BCUT2D eigenvalue weighted by Crippen LogP contribution is -2.39. The van der Waals surface area contributed by atoms with Gasteiger partial charge in [-0.1, -0.05) is 24.2 Å². The highest BCUT2D eigenvalue weighted by atomic mass is 16.5. The maximum absolute atomic E-state index is 12.4. The molecule has 0 aliphatic carbocycles. The van der Waals surface area contributed by atoms with Crippen LogP contribution in [-0.2, 0) is 0 Å². The molecule has 7 nitrogen and oxygen atoms in total. The zero-order valence-corrected chi connectivity index (χ0v) is 13.1. The Balaban J connectivity index is 1.72. The number of hydrogen-bond acceptors (Lipinski definition) is 6. The minimum absolute atomic E-state index is 0.0849. The highest BCUT2D eigenvalue weighted by molar-refractivity contribution is 5.91. The van der Waals surface area contributed by atoms with Crippen molar-refractivity contribution in [3.63, 3.8) is 0 Å². The molecule has 1 aliphatic heterocycles. The molecule has 0 bridgehead atoms. The van der Waals surface area contributed by atoms with Crippen molar-refractivity contribution in [1.29, 1.82) is 0 Å². The molecule has 7 heteroatoms. The third-order valence-corrected chi connectivity index (χ3v) is 3.87. The normalized spacial score (nSPS) is 18.9. The number of carbonyl (C=O) groups is 1. The Morgan fingerprint density at radius 2 is 2.18 bits per heavy atom. The number of aromatic nitrogens is 3. The summed E-state index contributed by atoms with van der Waals surface area (Å²) >= 11 is 0. The second-order valence-electron chi connectivity index (χ2n) is 6.07. The van der Waals surface area contributed by atoms with Crippen molar-refractivity contribution in [2.45, 2.75) is 45.4 Å². The van der Waals surface area contributed by atoms with Crippen LogP contribution in [-0.4, -0.2) is 39.2 Å². The van der Waals surface area contributed by atoms with Crippen LogP contribution < -0.4 is 0 Å². The number of likely N-dealkylation sites (tertiary alicyclic amines) is 1. The van der Waals surface area contributed by atoms with Crippen LogP contribution >= 0.6 is 0 Å². The Morgan fingerprint density at radius 3 is 2.82 bits per heavy atom. The number of rotatable bonds is 3. The predicted octanol–water partition coefficient (Wildman–Crippen LogP) is 2.51. The van der Waals surface area contributed by atoms with Gasteiger partial charge in [-0.25, -0.2) is 0 Å². The molecule has 3 rings (SSSR count). The first-order valence-corrected chi connectivity index (χ1v) is 7.60. The number of piperidine rings is 1. The van der Waals surface area contributed by atoms with Crippen LogP contribution in [0.1, 0.15) is 66.5 Å². The first kappa shape index (κ1) is 14.7. The Labute approximate surface area is 128 Å². The van der Waals surface area contributed by atoms with Gasteiger partial charge in [-0.2, -0.15) is 4.98 Å². The zero-order chi connectivity index (χ0) is 15.7. The van der Waals surface area contributed by atoms with E-state index in [1.54, 1.807) is 17.9 Å². The average Bonchev–Trinajstić information content (AvgIpc) is 3.15. The van der Waals surface area contributed by atoms with E-state index in [4.69, 9.17) is 9.05 Å². The van der Waals surface area contributed by atoms with Gasteiger partial charge in [0.15, 0.2) is 5.82 Å². The fourth-order valence-electron chi connectivity index (χ4n) is 2.63. The summed E-state index contributed by atoms with van der Waals surface area (Å²) in [4.78, 5) is 18.7. The van der Waals surface area contributed by atoms with Crippen molar-refractivity contribution in [2.75, 3.05) is 13.1 Å². The van der Waals surface area contributed by atoms with E-state index in [9.17, 15) is 4.79 Å². The largest absolute Gasteiger partial charge is 0.351 e. The van der Waals surface area contributed by atoms with Crippen molar-refractivity contribution in [2.24, 2.45) is 0 Å². The average molecular weight is 304 g/mol. The molecule has 1 aliphatic rings. The maximum atomic E-state index is 12.4. The van der Waals surface area contributed by atoms with Gasteiger partial charge in [0.05, 0.1) is 11.6 Å². The van der Waals surface area contributed by atoms with Gasteiger partial charge in [0.25, 0.3) is 5.91 Å². The van der Waals surface area contributed by atoms with Crippen molar-refractivity contribution in [1.82, 2.24) is 20.2 Å². The molecule has 0 N–H and O–H groups in total. The summed E-state index contributed by atoms with van der Waals surface area (Å²) in [6.45, 7) is 7.12. The fraction of sp³-hybridized carbons (Fsp3) is 0.600. The van der Waals surface area contributed by atoms with Gasteiger partial charge in [-0.3, -0.25) is 4.79 Å². The topological polar surface area (TPSA) is 85.3 Å². The van der Waals surface area contributed by atoms with Gasteiger partial charge in [-0.15, -0.1) is 0 Å². The molecule has 0 radical (unpaired) electrons. The van der Waals surface area contributed by atoms with Crippen LogP contribution in [0.25, 0.3) is 0 Å². The van der Waals surface area contributed by atoms with E-state index >= 15 is 0 Å². The van der Waals surface area contributed by atoms with Crippen LogP contribution in [0.15, 0.2) is 15.1 Å². The van der Waals surface area contributed by atoms with Gasteiger partial charge < -0.3 is 13.9 Å². The van der Waals surface area contributed by atoms with Crippen LogP contribution in [0, 0.1) is 6.92 Å². The van der Waals surface area contributed by atoms with Crippen molar-refractivity contribution in [3.8, 4) is 0 Å². The highest BCUT2D eigenvalue weighted by Gasteiger charge is 2.30. The second-order valence-corrected chi connectivity index (χ2v) is 6.07. The van der Waals surface area contributed by atoms with Gasteiger partial charge in [0.2, 0.25) is 11.7 Å². The third-order valence-electron chi connectivity index (χ3n) is 3.87. The minimum atomic E-state index is -0.131. The molecule has 1 saturated heterocycles. The monoisotopic (exact) mass is 304 g/mol. The Morgan fingerprint density at radius 1 is 1.36 bits per heavy atom. The number of amides is 1. The summed E-state index contributed by atoms with van der Waals surface area (Å²) in [7, 11) is 0. The molecule has 2 aromatic rings. The first-order chi connectivity index (χ1) is 10.5. The van der Waals surface area contributed by atoms with Crippen LogP contribution in [0.5, 0.6) is 0 Å². The van der Waals surface area contributed by atoms with E-state index in [1.807, 2.05) is 13.8 Å². The van der Waals surface area contributed by atoms with Crippen molar-refractivity contribution >= 4 is 5.91 Å². The molecular formula is C15H20N4O3. The van der Waals surface area contributed by atoms with Crippen molar-refractivity contribution in [3.05, 3.63) is 29.2 Å². The summed E-state index contributed by atoms with van der Waals surface area (Å²) < 4.78 is 10.4. The zero-order valence-electron chi connectivity index (χ0n) is 13.1. The number of carbonyl (C=O) groups excluding carboxylic acids is 1. The smallest absolute Gasteiger partial charge is 0.292 e. The van der Waals surface area contributed by atoms with E-state index in [1.165, 1.54) is 0 Å². The summed E-state index contributed by atoms with van der Waals surface area (Å²) in [6.07, 6.45) is 1.85. The molecule has 1 atom stereocenters. The lowest BCUT2D eigenvalue weighted by atomic mass is 9.97. The fourth-order valence-corrected chi connectivity index (χ4v) is 2.63. The highest BCUT2D eigenvalue weighted by Crippen LogP contribution is 2.27. The maximum Gasteiger partial charge on any atom is 0.292 e. The first-order valence-electron chi connectivity index (χ1n) is 7.60. The summed E-state index contributed by atoms with van der Waals surface area (Å²) in [5.74, 6) is 1.80. The quantitative estimate of drug-likeness (QED) is 0.866. The van der Waals surface area contributed by atoms with E-state index in [2.05, 4.69) is 15.3 Å². The molecule has 3 heterocycles. The molecular weight excluding hydrogens is 284 g/mol. The van der Waals surface area contributed by atoms with Crippen molar-refractivity contribution < 1.29 is 13.8 Å². The summed E-state index contributed by atoms with van der Waals surface area (Å²) in [6, 6.07) is 1.66. The molecule has 2 aromatic heterocycles. The minimum Gasteiger partial charge on any atom is -0.351 e. The second kappa shape index (κ2) is 5.90. The number of hydrogen-bond donors (Lipinski definition) is 0. The number of aryl methyl sites for hydroxylation is 1. The van der Waals surface area contributed by atoms with Gasteiger partial charge in [0.1, 0.15) is 0 Å². The molecule has 0 spiro atoms. The Bertz CT molecular complexity index is 661. The molecule has 22 heavy (non-hydrogen) atoms. The molecule has 1 amide bonds. The Kier molecular flexibility index (Phi) is 3.96. The van der Waals surface area contributed by atoms with E-state index < -0.39 is 0 Å². The molecule has 1 fully saturated rings. The van der Waals surface area contributed by atoms with Crippen LogP contribution in [0.4, 0.5) is 0 Å². The number of nitrogens with zero attached hydrogens (tertiary/aromatic N) is 4. The molecule has 0 unspecified atom stereocenters. The molecule has 0 saturated carbocycles. The van der Waals surface area contributed by atoms with E-state index in [-0.39, 0.29) is 23.5 Å². The predicted molar refractivity (Wildman–Crippen MR) is 77.5 cm³/mol. The van der Waals surface area contributed by atoms with E-state index in [0.29, 0.717) is 30.5 Å². The SMILES string of the molecule is Cc1cc(C(=O)N2CCC[C@H](c3nc(C(C)C)no3)C2)on1. The van der Waals surface area contributed by atoms with Gasteiger partial charge in [0, 0.05) is 25.1 Å². The lowest BCUT2D eigenvalue weighted by Gasteiger charge is -2.30. The summed E-state index contributed by atoms with van der Waals surface area (Å²) in [5.41, 5.74) is 0.704. The van der Waals surface area contributed by atoms with Crippen LogP contribution in [0.3, 0.4) is 0 Å². The standard InChI is InChI=1S/C15H20N4O3/c1-9(2)13-16-14(22-18-13)11-5-4-6-19(8-11)15(20)12-7-10(3)17-21-12/h7,9,11H,4-6,8H2,1-3H3/t11-/m0/s1. The summed E-state index contributed by atoms with van der Waals surface area (Å²) in [5, 5.41) is 7.77. The Hall–Kier alpha value is -2.18. The third kappa shape index (κ3) is 2.88. The van der Waals surface area contributed by atoms with Crippen LogP contribution in [0.2, 0.25) is 0 Å². The van der Waals surface area contributed by atoms with E-state index in [0.717, 1.165) is 12.8 Å². The lowest BCUT2D eigenvalue weighted by molar-refractivity contribution is 0.0654. The molecule has 0 aromatic carbocycles. The van der Waals surface area contributed by atoms with Gasteiger partial charge in [-0.05, 0) is 19.8 Å². The van der Waals surface area contributed by atoms with Gasteiger partial charge >= 0.3 is 0 Å².